The normalized spacial score (nSPS) is 11.2. The van der Waals surface area contributed by atoms with Gasteiger partial charge in [0.25, 0.3) is 10.0 Å². The molecule has 0 spiro atoms. The van der Waals surface area contributed by atoms with Crippen molar-refractivity contribution in [2.45, 2.75) is 18.4 Å². The number of hydrogen-bond acceptors (Lipinski definition) is 4. The molecule has 3 aromatic rings. The van der Waals surface area contributed by atoms with Crippen LogP contribution in [0.3, 0.4) is 0 Å². The number of aryl methyl sites for hydroxylation is 1. The molecular formula is C22H22FNO4S. The Morgan fingerprint density at radius 1 is 0.897 bits per heavy atom. The summed E-state index contributed by atoms with van der Waals surface area (Å²) in [6, 6.07) is 17.4. The van der Waals surface area contributed by atoms with Gasteiger partial charge in [0, 0.05) is 11.6 Å². The van der Waals surface area contributed by atoms with Gasteiger partial charge in [-0.05, 0) is 37.3 Å². The first-order chi connectivity index (χ1) is 13.9. The number of rotatable bonds is 7. The molecule has 29 heavy (non-hydrogen) atoms. The number of nitrogens with zero attached hydrogens (tertiary/aromatic N) is 1. The minimum atomic E-state index is -3.96. The van der Waals surface area contributed by atoms with Crippen LogP contribution in [0.5, 0.6) is 11.5 Å². The Balaban J connectivity index is 2.14. The predicted molar refractivity (Wildman–Crippen MR) is 110 cm³/mol. The van der Waals surface area contributed by atoms with Crippen LogP contribution in [-0.2, 0) is 16.6 Å². The second-order valence-corrected chi connectivity index (χ2v) is 8.32. The Morgan fingerprint density at radius 2 is 1.55 bits per heavy atom. The minimum Gasteiger partial charge on any atom is -0.493 e. The Kier molecular flexibility index (Phi) is 6.08. The van der Waals surface area contributed by atoms with Crippen LogP contribution < -0.4 is 13.8 Å². The van der Waals surface area contributed by atoms with E-state index in [4.69, 9.17) is 9.47 Å². The average molecular weight is 415 g/mol. The zero-order valence-corrected chi connectivity index (χ0v) is 17.2. The predicted octanol–water partition coefficient (Wildman–Crippen LogP) is 4.55. The van der Waals surface area contributed by atoms with Crippen molar-refractivity contribution in [2.24, 2.45) is 0 Å². The molecule has 152 valence electrons. The molecule has 3 rings (SSSR count). The lowest BCUT2D eigenvalue weighted by Crippen LogP contribution is -2.31. The van der Waals surface area contributed by atoms with Gasteiger partial charge in [-0.3, -0.25) is 4.31 Å². The molecule has 0 atom stereocenters. The summed E-state index contributed by atoms with van der Waals surface area (Å²) in [6.07, 6.45) is 0. The van der Waals surface area contributed by atoms with E-state index in [1.807, 2.05) is 6.92 Å². The van der Waals surface area contributed by atoms with E-state index in [0.29, 0.717) is 17.2 Å². The van der Waals surface area contributed by atoms with Crippen LogP contribution >= 0.6 is 0 Å². The maximum atomic E-state index is 14.3. The quantitative estimate of drug-likeness (QED) is 0.568. The summed E-state index contributed by atoms with van der Waals surface area (Å²) in [6.45, 7) is 1.71. The molecule has 5 nitrogen and oxygen atoms in total. The van der Waals surface area contributed by atoms with Crippen LogP contribution in [0.4, 0.5) is 10.1 Å². The van der Waals surface area contributed by atoms with Crippen LogP contribution in [0, 0.1) is 12.7 Å². The number of benzene rings is 3. The largest absolute Gasteiger partial charge is 0.493 e. The third-order valence-corrected chi connectivity index (χ3v) is 6.32. The second kappa shape index (κ2) is 8.53. The summed E-state index contributed by atoms with van der Waals surface area (Å²) >= 11 is 0. The molecule has 0 radical (unpaired) electrons. The van der Waals surface area contributed by atoms with E-state index < -0.39 is 15.8 Å². The van der Waals surface area contributed by atoms with Gasteiger partial charge in [0.15, 0.2) is 11.5 Å². The topological polar surface area (TPSA) is 55.8 Å². The zero-order chi connectivity index (χ0) is 21.0. The van der Waals surface area contributed by atoms with Crippen molar-refractivity contribution in [2.75, 3.05) is 18.5 Å². The number of hydrogen-bond donors (Lipinski definition) is 0. The van der Waals surface area contributed by atoms with Crippen molar-refractivity contribution in [3.8, 4) is 11.5 Å². The first-order valence-corrected chi connectivity index (χ1v) is 10.4. The van der Waals surface area contributed by atoms with Gasteiger partial charge in [-0.2, -0.15) is 0 Å². The van der Waals surface area contributed by atoms with E-state index in [9.17, 15) is 12.8 Å². The third kappa shape index (κ3) is 4.35. The van der Waals surface area contributed by atoms with Gasteiger partial charge in [0.2, 0.25) is 0 Å². The Morgan fingerprint density at radius 3 is 2.17 bits per heavy atom. The van der Waals surface area contributed by atoms with Crippen LogP contribution in [0.25, 0.3) is 0 Å². The van der Waals surface area contributed by atoms with E-state index in [0.717, 1.165) is 9.87 Å². The Bertz CT molecular complexity index is 1100. The lowest BCUT2D eigenvalue weighted by molar-refractivity contribution is 0.355. The van der Waals surface area contributed by atoms with Crippen molar-refractivity contribution in [3.63, 3.8) is 0 Å². The van der Waals surface area contributed by atoms with Crippen molar-refractivity contribution < 1.29 is 22.3 Å². The highest BCUT2D eigenvalue weighted by Crippen LogP contribution is 2.34. The summed E-state index contributed by atoms with van der Waals surface area (Å²) in [7, 11) is -0.993. The van der Waals surface area contributed by atoms with Gasteiger partial charge in [0.1, 0.15) is 5.82 Å². The summed E-state index contributed by atoms with van der Waals surface area (Å²) in [5.74, 6) is 0.370. The molecular weight excluding hydrogens is 393 g/mol. The van der Waals surface area contributed by atoms with Crippen LogP contribution in [0.15, 0.2) is 71.6 Å². The molecule has 0 heterocycles. The third-order valence-electron chi connectivity index (χ3n) is 4.54. The minimum absolute atomic E-state index is 0.120. The number of halogens is 1. The lowest BCUT2D eigenvalue weighted by Gasteiger charge is -2.25. The fourth-order valence-corrected chi connectivity index (χ4v) is 4.35. The van der Waals surface area contributed by atoms with E-state index in [-0.39, 0.29) is 17.0 Å². The molecule has 0 N–H and O–H groups in total. The lowest BCUT2D eigenvalue weighted by atomic mass is 10.2. The Hall–Kier alpha value is -3.06. The van der Waals surface area contributed by atoms with Gasteiger partial charge in [-0.25, -0.2) is 12.8 Å². The van der Waals surface area contributed by atoms with E-state index >= 15 is 0 Å². The average Bonchev–Trinajstić information content (AvgIpc) is 2.72. The molecule has 0 aliphatic carbocycles. The molecule has 0 aliphatic heterocycles. The maximum Gasteiger partial charge on any atom is 0.264 e. The fourth-order valence-electron chi connectivity index (χ4n) is 2.91. The van der Waals surface area contributed by atoms with Gasteiger partial charge >= 0.3 is 0 Å². The zero-order valence-electron chi connectivity index (χ0n) is 16.4. The number of sulfonamides is 1. The molecule has 0 aromatic heterocycles. The van der Waals surface area contributed by atoms with Crippen molar-refractivity contribution in [1.82, 2.24) is 0 Å². The van der Waals surface area contributed by atoms with E-state index in [1.165, 1.54) is 20.3 Å². The highest BCUT2D eigenvalue weighted by Gasteiger charge is 2.27. The molecule has 0 amide bonds. The summed E-state index contributed by atoms with van der Waals surface area (Å²) in [5.41, 5.74) is 1.54. The van der Waals surface area contributed by atoms with E-state index in [1.54, 1.807) is 60.7 Å². The molecule has 0 aliphatic rings. The molecule has 0 fully saturated rings. The van der Waals surface area contributed by atoms with Gasteiger partial charge in [-0.1, -0.05) is 35.9 Å². The van der Waals surface area contributed by atoms with Gasteiger partial charge < -0.3 is 9.47 Å². The number of ether oxygens (including phenoxy) is 2. The highest BCUT2D eigenvalue weighted by molar-refractivity contribution is 7.92. The van der Waals surface area contributed by atoms with E-state index in [2.05, 4.69) is 0 Å². The first-order valence-electron chi connectivity index (χ1n) is 8.91. The van der Waals surface area contributed by atoms with Crippen LogP contribution in [-0.4, -0.2) is 22.6 Å². The molecule has 7 heteroatoms. The monoisotopic (exact) mass is 415 g/mol. The van der Waals surface area contributed by atoms with Crippen molar-refractivity contribution in [1.29, 1.82) is 0 Å². The SMILES string of the molecule is COc1ccc(N(Cc2ccccc2F)S(=O)(=O)c2ccc(C)cc2)cc1OC. The summed E-state index contributed by atoms with van der Waals surface area (Å²) in [4.78, 5) is 0.120. The van der Waals surface area contributed by atoms with Gasteiger partial charge in [-0.15, -0.1) is 0 Å². The number of anilines is 1. The highest BCUT2D eigenvalue weighted by atomic mass is 32.2. The number of methoxy groups -OCH3 is 2. The standard InChI is InChI=1S/C22H22FNO4S/c1-16-8-11-19(12-9-16)29(25,26)24(15-17-6-4-5-7-20(17)23)18-10-13-21(27-2)22(14-18)28-3/h4-14H,15H2,1-3H3. The smallest absolute Gasteiger partial charge is 0.264 e. The molecule has 3 aromatic carbocycles. The summed E-state index contributed by atoms with van der Waals surface area (Å²) in [5, 5.41) is 0. The fraction of sp³-hybridized carbons (Fsp3) is 0.182. The molecule has 0 bridgehead atoms. The molecule has 0 saturated carbocycles. The Labute approximate surface area is 170 Å². The second-order valence-electron chi connectivity index (χ2n) is 6.46. The van der Waals surface area contributed by atoms with Crippen LogP contribution in [0.1, 0.15) is 11.1 Å². The van der Waals surface area contributed by atoms with Crippen molar-refractivity contribution in [3.05, 3.63) is 83.7 Å². The summed E-state index contributed by atoms with van der Waals surface area (Å²) < 4.78 is 52.9. The van der Waals surface area contributed by atoms with Crippen molar-refractivity contribution >= 4 is 15.7 Å². The molecule has 0 unspecified atom stereocenters. The molecule has 0 saturated heterocycles. The van der Waals surface area contributed by atoms with Crippen LogP contribution in [0.2, 0.25) is 0 Å². The maximum absolute atomic E-state index is 14.3. The van der Waals surface area contributed by atoms with Gasteiger partial charge in [0.05, 0.1) is 31.3 Å². The first kappa shape index (κ1) is 20.7.